The minimum Gasteiger partial charge on any atom is -0.366 e. The van der Waals surface area contributed by atoms with Gasteiger partial charge in [0, 0.05) is 10.0 Å². The Morgan fingerprint density at radius 2 is 1.88 bits per heavy atom. The molecule has 3 aromatic rings. The molecule has 4 rings (SSSR count). The number of anilines is 2. The van der Waals surface area contributed by atoms with Crippen LogP contribution in [0.3, 0.4) is 0 Å². The Balaban J connectivity index is 0.00000182. The van der Waals surface area contributed by atoms with Crippen LogP contribution in [-0.2, 0) is 0 Å². The molecule has 0 amide bonds. The number of aromatic nitrogens is 3. The largest absolute Gasteiger partial charge is 0.366 e. The van der Waals surface area contributed by atoms with E-state index in [0.29, 0.717) is 16.0 Å². The summed E-state index contributed by atoms with van der Waals surface area (Å²) >= 11 is 12.5. The van der Waals surface area contributed by atoms with Crippen LogP contribution < -0.4 is 11.1 Å². The van der Waals surface area contributed by atoms with Crippen LogP contribution in [0.2, 0.25) is 10.0 Å². The number of nitrogens with two attached hydrogens (primary N) is 1. The van der Waals surface area contributed by atoms with Gasteiger partial charge >= 0.3 is 0 Å². The van der Waals surface area contributed by atoms with Gasteiger partial charge in [-0.05, 0) is 29.7 Å². The molecule has 2 atom stereocenters. The first-order chi connectivity index (χ1) is 11.6. The minimum absolute atomic E-state index is 0. The molecule has 130 valence electrons. The van der Waals surface area contributed by atoms with Crippen molar-refractivity contribution in [2.75, 3.05) is 11.1 Å². The maximum absolute atomic E-state index is 6.43. The Morgan fingerprint density at radius 3 is 2.60 bits per heavy atom. The van der Waals surface area contributed by atoms with Gasteiger partial charge in [0.05, 0.1) is 12.1 Å². The molecule has 0 radical (unpaired) electrons. The fraction of sp³-hybridized carbons (Fsp3) is 0.176. The van der Waals surface area contributed by atoms with Gasteiger partial charge in [-0.2, -0.15) is 4.98 Å². The summed E-state index contributed by atoms with van der Waals surface area (Å²) in [5, 5.41) is 8.95. The van der Waals surface area contributed by atoms with E-state index in [-0.39, 0.29) is 30.4 Å². The third kappa shape index (κ3) is 3.40. The van der Waals surface area contributed by atoms with Crippen LogP contribution >= 0.6 is 35.6 Å². The number of rotatable bonds is 2. The SMILES string of the molecule is Cl.Nc1nc2n(n1)C(c1ccc(Cl)cc1Cl)CC(c1ccccc1)N2. The predicted molar refractivity (Wildman–Crippen MR) is 104 cm³/mol. The van der Waals surface area contributed by atoms with Gasteiger partial charge in [0.1, 0.15) is 0 Å². The number of nitrogen functional groups attached to an aromatic ring is 1. The third-order valence-corrected chi connectivity index (χ3v) is 4.79. The summed E-state index contributed by atoms with van der Waals surface area (Å²) in [6.45, 7) is 0. The molecular weight excluding hydrogens is 381 g/mol. The zero-order chi connectivity index (χ0) is 16.7. The Bertz CT molecular complexity index is 881. The summed E-state index contributed by atoms with van der Waals surface area (Å²) in [6.07, 6.45) is 0.779. The lowest BCUT2D eigenvalue weighted by atomic mass is 9.93. The number of nitrogens with one attached hydrogen (secondary N) is 1. The van der Waals surface area contributed by atoms with Crippen molar-refractivity contribution in [1.82, 2.24) is 14.8 Å². The molecule has 25 heavy (non-hydrogen) atoms. The van der Waals surface area contributed by atoms with Gasteiger partial charge in [-0.15, -0.1) is 17.5 Å². The number of benzene rings is 2. The fourth-order valence-electron chi connectivity index (χ4n) is 3.13. The van der Waals surface area contributed by atoms with Crippen molar-refractivity contribution in [1.29, 1.82) is 0 Å². The van der Waals surface area contributed by atoms with Crippen LogP contribution in [0.4, 0.5) is 11.9 Å². The number of halogens is 3. The topological polar surface area (TPSA) is 68.8 Å². The molecule has 1 aromatic heterocycles. The highest BCUT2D eigenvalue weighted by Gasteiger charge is 2.31. The number of fused-ring (bicyclic) bond motifs is 1. The second kappa shape index (κ2) is 7.12. The first-order valence-electron chi connectivity index (χ1n) is 7.60. The van der Waals surface area contributed by atoms with Gasteiger partial charge in [-0.25, -0.2) is 4.68 Å². The van der Waals surface area contributed by atoms with Crippen molar-refractivity contribution in [3.63, 3.8) is 0 Å². The predicted octanol–water partition coefficient (Wildman–Crippen LogP) is 4.74. The Labute approximate surface area is 161 Å². The Kier molecular flexibility index (Phi) is 5.08. The van der Waals surface area contributed by atoms with Crippen molar-refractivity contribution < 1.29 is 0 Å². The van der Waals surface area contributed by atoms with E-state index in [4.69, 9.17) is 28.9 Å². The highest BCUT2D eigenvalue weighted by molar-refractivity contribution is 6.35. The van der Waals surface area contributed by atoms with E-state index in [1.54, 1.807) is 10.7 Å². The number of hydrogen-bond donors (Lipinski definition) is 2. The summed E-state index contributed by atoms with van der Waals surface area (Å²) in [5.74, 6) is 0.880. The molecule has 0 spiro atoms. The highest BCUT2D eigenvalue weighted by Crippen LogP contribution is 2.40. The quantitative estimate of drug-likeness (QED) is 0.657. The molecule has 3 N–H and O–H groups in total. The molecule has 0 fully saturated rings. The zero-order valence-electron chi connectivity index (χ0n) is 13.1. The lowest BCUT2D eigenvalue weighted by Crippen LogP contribution is -2.28. The van der Waals surface area contributed by atoms with Crippen molar-refractivity contribution in [2.24, 2.45) is 0 Å². The lowest BCUT2D eigenvalue weighted by molar-refractivity contribution is 0.431. The normalized spacial score (nSPS) is 18.8. The van der Waals surface area contributed by atoms with Crippen molar-refractivity contribution in [3.8, 4) is 0 Å². The second-order valence-corrected chi connectivity index (χ2v) is 6.61. The van der Waals surface area contributed by atoms with Crippen molar-refractivity contribution in [2.45, 2.75) is 18.5 Å². The van der Waals surface area contributed by atoms with Gasteiger partial charge in [0.25, 0.3) is 0 Å². The third-order valence-electron chi connectivity index (χ3n) is 4.23. The van der Waals surface area contributed by atoms with E-state index in [1.807, 2.05) is 30.3 Å². The molecule has 0 bridgehead atoms. The number of nitrogens with zero attached hydrogens (tertiary/aromatic N) is 3. The summed E-state index contributed by atoms with van der Waals surface area (Å²) in [7, 11) is 0. The first kappa shape index (κ1) is 17.9. The van der Waals surface area contributed by atoms with Crippen molar-refractivity contribution in [3.05, 3.63) is 69.7 Å². The van der Waals surface area contributed by atoms with Gasteiger partial charge in [-0.3, -0.25) is 0 Å². The molecule has 5 nitrogen and oxygen atoms in total. The minimum atomic E-state index is -0.0685. The molecule has 2 aromatic carbocycles. The molecule has 2 unspecified atom stereocenters. The van der Waals surface area contributed by atoms with Crippen LogP contribution in [-0.4, -0.2) is 14.8 Å². The van der Waals surface area contributed by atoms with Gasteiger partial charge in [0.2, 0.25) is 11.9 Å². The molecule has 1 aliphatic heterocycles. The zero-order valence-corrected chi connectivity index (χ0v) is 15.4. The van der Waals surface area contributed by atoms with E-state index in [0.717, 1.165) is 12.0 Å². The van der Waals surface area contributed by atoms with Crippen molar-refractivity contribution >= 4 is 47.5 Å². The standard InChI is InChI=1S/C17H15Cl2N5.ClH/c18-11-6-7-12(13(19)8-11)15-9-14(10-4-2-1-3-5-10)21-17-22-16(20)23-24(15)17;/h1-8,14-15H,9H2,(H3,20,21,22,23);1H. The van der Waals surface area contributed by atoms with Crippen LogP contribution in [0.25, 0.3) is 0 Å². The fourth-order valence-corrected chi connectivity index (χ4v) is 3.66. The van der Waals surface area contributed by atoms with Crippen LogP contribution in [0.1, 0.15) is 29.6 Å². The highest BCUT2D eigenvalue weighted by atomic mass is 35.5. The van der Waals surface area contributed by atoms with Crippen LogP contribution in [0, 0.1) is 0 Å². The molecule has 8 heteroatoms. The maximum atomic E-state index is 6.43. The van der Waals surface area contributed by atoms with E-state index in [9.17, 15) is 0 Å². The van der Waals surface area contributed by atoms with Crippen LogP contribution in [0.15, 0.2) is 48.5 Å². The van der Waals surface area contributed by atoms with E-state index in [2.05, 4.69) is 27.5 Å². The molecule has 0 saturated carbocycles. The summed E-state index contributed by atoms with van der Waals surface area (Å²) in [4.78, 5) is 4.30. The summed E-state index contributed by atoms with van der Waals surface area (Å²) < 4.78 is 1.80. The summed E-state index contributed by atoms with van der Waals surface area (Å²) in [5.41, 5.74) is 7.94. The molecule has 0 saturated heterocycles. The maximum Gasteiger partial charge on any atom is 0.241 e. The first-order valence-corrected chi connectivity index (χ1v) is 8.36. The second-order valence-electron chi connectivity index (χ2n) is 5.76. The lowest BCUT2D eigenvalue weighted by Gasteiger charge is -2.32. The molecule has 0 aliphatic carbocycles. The van der Waals surface area contributed by atoms with Gasteiger partial charge in [0.15, 0.2) is 0 Å². The smallest absolute Gasteiger partial charge is 0.241 e. The van der Waals surface area contributed by atoms with Gasteiger partial charge < -0.3 is 11.1 Å². The van der Waals surface area contributed by atoms with E-state index in [1.165, 1.54) is 5.56 Å². The van der Waals surface area contributed by atoms with E-state index < -0.39 is 0 Å². The van der Waals surface area contributed by atoms with E-state index >= 15 is 0 Å². The van der Waals surface area contributed by atoms with Crippen LogP contribution in [0.5, 0.6) is 0 Å². The molecular formula is C17H16Cl3N5. The summed E-state index contributed by atoms with van der Waals surface area (Å²) in [6, 6.07) is 15.8. The van der Waals surface area contributed by atoms with Gasteiger partial charge in [-0.1, -0.05) is 59.6 Å². The Morgan fingerprint density at radius 1 is 1.12 bits per heavy atom. The molecule has 2 heterocycles. The molecule has 1 aliphatic rings. The Hall–Kier alpha value is -1.95. The average Bonchev–Trinajstić information content (AvgIpc) is 2.95. The monoisotopic (exact) mass is 395 g/mol. The number of hydrogen-bond acceptors (Lipinski definition) is 4. The average molecular weight is 397 g/mol.